The number of carbonyl (C=O) groups is 1. The molecular formula is C20H18ClN3O2S. The van der Waals surface area contributed by atoms with E-state index in [-0.39, 0.29) is 11.7 Å². The van der Waals surface area contributed by atoms with E-state index in [4.69, 9.17) is 16.3 Å². The van der Waals surface area contributed by atoms with Crippen LogP contribution < -0.4 is 10.1 Å². The molecule has 1 N–H and O–H groups in total. The summed E-state index contributed by atoms with van der Waals surface area (Å²) in [4.78, 5) is 12.2. The Morgan fingerprint density at radius 2 is 1.96 bits per heavy atom. The molecule has 0 saturated heterocycles. The summed E-state index contributed by atoms with van der Waals surface area (Å²) in [5.41, 5.74) is 3.54. The number of ether oxygens (including phenoxy) is 1. The normalized spacial score (nSPS) is 10.5. The first kappa shape index (κ1) is 19.2. The quantitative estimate of drug-likeness (QED) is 0.600. The van der Waals surface area contributed by atoms with Crippen LogP contribution in [0.15, 0.2) is 59.6 Å². The van der Waals surface area contributed by atoms with E-state index in [9.17, 15) is 4.79 Å². The zero-order chi connectivity index (χ0) is 19.2. The Labute approximate surface area is 167 Å². The van der Waals surface area contributed by atoms with Crippen molar-refractivity contribution >= 4 is 35.0 Å². The molecule has 5 nitrogen and oxygen atoms in total. The van der Waals surface area contributed by atoms with Gasteiger partial charge in [0.15, 0.2) is 0 Å². The summed E-state index contributed by atoms with van der Waals surface area (Å²) < 4.78 is 5.23. The van der Waals surface area contributed by atoms with Crippen molar-refractivity contribution in [3.63, 3.8) is 0 Å². The molecule has 0 aliphatic carbocycles. The highest BCUT2D eigenvalue weighted by Crippen LogP contribution is 2.28. The second kappa shape index (κ2) is 8.88. The van der Waals surface area contributed by atoms with Crippen LogP contribution in [0.2, 0.25) is 5.02 Å². The number of aryl methyl sites for hydroxylation is 1. The van der Waals surface area contributed by atoms with Gasteiger partial charge in [-0.1, -0.05) is 47.6 Å². The van der Waals surface area contributed by atoms with Crippen LogP contribution in [0.4, 0.5) is 5.69 Å². The summed E-state index contributed by atoms with van der Waals surface area (Å²) in [6.07, 6.45) is 0. The average Bonchev–Trinajstić information content (AvgIpc) is 2.67. The van der Waals surface area contributed by atoms with Crippen LogP contribution in [0, 0.1) is 6.92 Å². The van der Waals surface area contributed by atoms with Crippen LogP contribution >= 0.6 is 23.4 Å². The van der Waals surface area contributed by atoms with Crippen LogP contribution in [-0.2, 0) is 4.79 Å². The predicted molar refractivity (Wildman–Crippen MR) is 110 cm³/mol. The van der Waals surface area contributed by atoms with Gasteiger partial charge in [0.2, 0.25) is 5.91 Å². The topological polar surface area (TPSA) is 64.1 Å². The molecule has 0 atom stereocenters. The molecule has 3 rings (SSSR count). The number of halogens is 1. The minimum Gasteiger partial charge on any atom is -0.495 e. The molecule has 3 aromatic rings. The van der Waals surface area contributed by atoms with E-state index in [1.54, 1.807) is 25.3 Å². The molecule has 0 fully saturated rings. The SMILES string of the molecule is COc1ccc(Cl)cc1NC(=O)CSc1ccc(-c2ccccc2C)nn1. The predicted octanol–water partition coefficient (Wildman–Crippen LogP) is 4.84. The van der Waals surface area contributed by atoms with Gasteiger partial charge in [-0.25, -0.2) is 0 Å². The van der Waals surface area contributed by atoms with Crippen molar-refractivity contribution in [2.24, 2.45) is 0 Å². The number of benzene rings is 2. The number of nitrogens with one attached hydrogen (secondary N) is 1. The van der Waals surface area contributed by atoms with E-state index in [1.165, 1.54) is 11.8 Å². The van der Waals surface area contributed by atoms with E-state index >= 15 is 0 Å². The number of carbonyl (C=O) groups excluding carboxylic acids is 1. The van der Waals surface area contributed by atoms with Gasteiger partial charge in [-0.2, -0.15) is 0 Å². The van der Waals surface area contributed by atoms with Crippen molar-refractivity contribution in [1.29, 1.82) is 0 Å². The first-order chi connectivity index (χ1) is 13.1. The van der Waals surface area contributed by atoms with Crippen molar-refractivity contribution in [2.45, 2.75) is 11.9 Å². The molecule has 0 aliphatic rings. The molecule has 0 spiro atoms. The van der Waals surface area contributed by atoms with Crippen LogP contribution in [0.3, 0.4) is 0 Å². The van der Waals surface area contributed by atoms with E-state index in [1.807, 2.05) is 43.3 Å². The summed E-state index contributed by atoms with van der Waals surface area (Å²) in [5.74, 6) is 0.583. The van der Waals surface area contributed by atoms with Gasteiger partial charge in [0.1, 0.15) is 10.8 Å². The fraction of sp³-hybridized carbons (Fsp3) is 0.150. The zero-order valence-electron chi connectivity index (χ0n) is 14.9. The second-order valence-corrected chi connectivity index (χ2v) is 7.19. The van der Waals surface area contributed by atoms with Gasteiger partial charge in [-0.15, -0.1) is 10.2 Å². The van der Waals surface area contributed by atoms with Gasteiger partial charge in [-0.05, 0) is 42.8 Å². The number of aromatic nitrogens is 2. The third-order valence-electron chi connectivity index (χ3n) is 3.85. The summed E-state index contributed by atoms with van der Waals surface area (Å²) in [5, 5.41) is 12.5. The number of rotatable bonds is 6. The first-order valence-corrected chi connectivity index (χ1v) is 9.59. The largest absolute Gasteiger partial charge is 0.495 e. The molecule has 2 aromatic carbocycles. The number of hydrogen-bond donors (Lipinski definition) is 1. The Hall–Kier alpha value is -2.57. The summed E-state index contributed by atoms with van der Waals surface area (Å²) >= 11 is 7.29. The van der Waals surface area contributed by atoms with Gasteiger partial charge < -0.3 is 10.1 Å². The first-order valence-electron chi connectivity index (χ1n) is 8.23. The average molecular weight is 400 g/mol. The summed E-state index contributed by atoms with van der Waals surface area (Å²) in [6.45, 7) is 2.04. The van der Waals surface area contributed by atoms with Crippen molar-refractivity contribution in [3.8, 4) is 17.0 Å². The van der Waals surface area contributed by atoms with E-state index in [2.05, 4.69) is 15.5 Å². The molecule has 0 saturated carbocycles. The Kier molecular flexibility index (Phi) is 6.32. The smallest absolute Gasteiger partial charge is 0.234 e. The molecule has 1 aromatic heterocycles. The molecular weight excluding hydrogens is 382 g/mol. The molecule has 138 valence electrons. The third-order valence-corrected chi connectivity index (χ3v) is 5.00. The summed E-state index contributed by atoms with van der Waals surface area (Å²) in [6, 6.07) is 16.9. The lowest BCUT2D eigenvalue weighted by Gasteiger charge is -2.10. The fourth-order valence-corrected chi connectivity index (χ4v) is 3.29. The highest BCUT2D eigenvalue weighted by Gasteiger charge is 2.10. The Morgan fingerprint density at radius 3 is 2.67 bits per heavy atom. The molecule has 27 heavy (non-hydrogen) atoms. The van der Waals surface area contributed by atoms with Crippen LogP contribution in [-0.4, -0.2) is 29.0 Å². The highest BCUT2D eigenvalue weighted by atomic mass is 35.5. The maximum atomic E-state index is 12.2. The van der Waals surface area contributed by atoms with Crippen molar-refractivity contribution in [2.75, 3.05) is 18.2 Å². The standard InChI is InChI=1S/C20H18ClN3O2S/c1-13-5-3-4-6-15(13)16-8-10-20(24-23-16)27-12-19(25)22-17-11-14(21)7-9-18(17)26-2/h3-11H,12H2,1-2H3,(H,22,25). The zero-order valence-corrected chi connectivity index (χ0v) is 16.5. The minimum atomic E-state index is -0.176. The lowest BCUT2D eigenvalue weighted by molar-refractivity contribution is -0.113. The molecule has 0 bridgehead atoms. The minimum absolute atomic E-state index is 0.176. The van der Waals surface area contributed by atoms with Crippen molar-refractivity contribution in [3.05, 3.63) is 65.2 Å². The van der Waals surface area contributed by atoms with Crippen LogP contribution in [0.1, 0.15) is 5.56 Å². The molecule has 0 radical (unpaired) electrons. The van der Waals surface area contributed by atoms with Gasteiger partial charge in [0.25, 0.3) is 0 Å². The van der Waals surface area contributed by atoms with Crippen molar-refractivity contribution < 1.29 is 9.53 Å². The lowest BCUT2D eigenvalue weighted by atomic mass is 10.1. The number of anilines is 1. The molecule has 0 aliphatic heterocycles. The maximum Gasteiger partial charge on any atom is 0.234 e. The molecule has 7 heteroatoms. The molecule has 0 unspecified atom stereocenters. The number of nitrogens with zero attached hydrogens (tertiary/aromatic N) is 2. The third kappa shape index (κ3) is 4.99. The number of methoxy groups -OCH3 is 1. The van der Waals surface area contributed by atoms with Gasteiger partial charge in [-0.3, -0.25) is 4.79 Å². The number of amides is 1. The lowest BCUT2D eigenvalue weighted by Crippen LogP contribution is -2.14. The van der Waals surface area contributed by atoms with Crippen molar-refractivity contribution in [1.82, 2.24) is 10.2 Å². The van der Waals surface area contributed by atoms with Gasteiger partial charge in [0, 0.05) is 10.6 Å². The number of hydrogen-bond acceptors (Lipinski definition) is 5. The Bertz CT molecular complexity index is 948. The Morgan fingerprint density at radius 1 is 1.15 bits per heavy atom. The molecule has 1 heterocycles. The van der Waals surface area contributed by atoms with E-state index in [0.717, 1.165) is 16.8 Å². The number of thioether (sulfide) groups is 1. The van der Waals surface area contributed by atoms with E-state index in [0.29, 0.717) is 21.5 Å². The fourth-order valence-electron chi connectivity index (χ4n) is 2.50. The monoisotopic (exact) mass is 399 g/mol. The highest BCUT2D eigenvalue weighted by molar-refractivity contribution is 7.99. The maximum absolute atomic E-state index is 12.2. The Balaban J connectivity index is 1.61. The van der Waals surface area contributed by atoms with Gasteiger partial charge >= 0.3 is 0 Å². The van der Waals surface area contributed by atoms with Crippen LogP contribution in [0.5, 0.6) is 5.75 Å². The van der Waals surface area contributed by atoms with E-state index < -0.39 is 0 Å². The summed E-state index contributed by atoms with van der Waals surface area (Å²) in [7, 11) is 1.54. The van der Waals surface area contributed by atoms with Gasteiger partial charge in [0.05, 0.1) is 24.2 Å². The van der Waals surface area contributed by atoms with Crippen LogP contribution in [0.25, 0.3) is 11.3 Å². The second-order valence-electron chi connectivity index (χ2n) is 5.75. The molecule has 1 amide bonds.